The van der Waals surface area contributed by atoms with E-state index < -0.39 is 0 Å². The lowest BCUT2D eigenvalue weighted by molar-refractivity contribution is 1.06. The van der Waals surface area contributed by atoms with Crippen LogP contribution in [-0.4, -0.2) is 13.7 Å². The van der Waals surface area contributed by atoms with E-state index in [-0.39, 0.29) is 5.69 Å². The van der Waals surface area contributed by atoms with Crippen LogP contribution in [0, 0.1) is 22.7 Å². The average Bonchev–Trinajstić information content (AvgIpc) is 3.80. The van der Waals surface area contributed by atoms with E-state index in [1.807, 2.05) is 84.9 Å². The van der Waals surface area contributed by atoms with Crippen molar-refractivity contribution in [3.63, 3.8) is 0 Å². The number of benzene rings is 7. The van der Waals surface area contributed by atoms with E-state index in [4.69, 9.17) is 5.73 Å². The zero-order valence-electron chi connectivity index (χ0n) is 26.7. The van der Waals surface area contributed by atoms with Gasteiger partial charge in [-0.2, -0.15) is 10.5 Å². The highest BCUT2D eigenvalue weighted by molar-refractivity contribution is 6.14. The second kappa shape index (κ2) is 10.4. The number of nitrogen functional groups attached to an aromatic ring is 1. The summed E-state index contributed by atoms with van der Waals surface area (Å²) in [6.07, 6.45) is 0. The molecule has 3 heterocycles. The predicted octanol–water partition coefficient (Wildman–Crippen LogP) is 10.3. The SMILES string of the molecule is N#Cc1c(N)c(-n2c3ccccc3c3ccccc32)c(C#N)c(-n2c3ccccc3c3ccccc32)c1-n1c2ccccc2c2ccccc21. The van der Waals surface area contributed by atoms with Crippen LogP contribution in [0.4, 0.5) is 5.69 Å². The summed E-state index contributed by atoms with van der Waals surface area (Å²) in [5.41, 5.74) is 15.3. The third-order valence-electron chi connectivity index (χ3n) is 10.1. The largest absolute Gasteiger partial charge is 0.396 e. The van der Waals surface area contributed by atoms with Gasteiger partial charge in [0.1, 0.15) is 23.3 Å². The van der Waals surface area contributed by atoms with Crippen molar-refractivity contribution in [2.75, 3.05) is 5.73 Å². The molecule has 0 unspecified atom stereocenters. The molecule has 10 rings (SSSR count). The molecule has 0 saturated heterocycles. The number of rotatable bonds is 3. The average molecular weight is 639 g/mol. The molecule has 232 valence electrons. The Morgan fingerprint density at radius 3 is 0.860 bits per heavy atom. The van der Waals surface area contributed by atoms with Gasteiger partial charge in [0.15, 0.2) is 0 Å². The van der Waals surface area contributed by atoms with Crippen LogP contribution in [0.2, 0.25) is 0 Å². The normalized spacial score (nSPS) is 11.6. The number of nitriles is 2. The minimum atomic E-state index is 0.247. The molecule has 0 aliphatic rings. The van der Waals surface area contributed by atoms with Gasteiger partial charge in [-0.15, -0.1) is 0 Å². The second-order valence-corrected chi connectivity index (χ2v) is 12.5. The summed E-state index contributed by atoms with van der Waals surface area (Å²) >= 11 is 0. The third kappa shape index (κ3) is 3.54. The lowest BCUT2D eigenvalue weighted by Crippen LogP contribution is -2.15. The molecule has 6 nitrogen and oxygen atoms in total. The fourth-order valence-corrected chi connectivity index (χ4v) is 8.11. The molecule has 0 aliphatic heterocycles. The van der Waals surface area contributed by atoms with Gasteiger partial charge in [-0.1, -0.05) is 109 Å². The van der Waals surface area contributed by atoms with Crippen LogP contribution in [0.5, 0.6) is 0 Å². The van der Waals surface area contributed by atoms with Crippen molar-refractivity contribution in [3.05, 3.63) is 157 Å². The van der Waals surface area contributed by atoms with Crippen molar-refractivity contribution in [1.29, 1.82) is 10.5 Å². The highest BCUT2D eigenvalue weighted by Gasteiger charge is 2.31. The standard InChI is InChI=1S/C44H26N6/c45-25-33-41(47)42(48-35-19-7-1-13-27(35)28-14-2-8-20-36(28)48)34(26-46)44(50-39-23-11-5-17-31(39)32-18-6-12-24-40(32)50)43(33)49-37-21-9-3-15-29(37)30-16-4-10-22-38(30)49/h1-24H,47H2. The van der Waals surface area contributed by atoms with E-state index in [0.29, 0.717) is 28.2 Å². The first kappa shape index (κ1) is 27.8. The van der Waals surface area contributed by atoms with Crippen molar-refractivity contribution >= 4 is 71.1 Å². The van der Waals surface area contributed by atoms with Crippen LogP contribution in [-0.2, 0) is 0 Å². The molecule has 0 radical (unpaired) electrons. The third-order valence-corrected chi connectivity index (χ3v) is 10.1. The molecule has 50 heavy (non-hydrogen) atoms. The molecule has 0 amide bonds. The Morgan fingerprint density at radius 1 is 0.340 bits per heavy atom. The van der Waals surface area contributed by atoms with Crippen LogP contribution in [0.15, 0.2) is 146 Å². The van der Waals surface area contributed by atoms with Gasteiger partial charge in [0.05, 0.1) is 55.8 Å². The lowest BCUT2D eigenvalue weighted by Gasteiger charge is -2.24. The van der Waals surface area contributed by atoms with Crippen molar-refractivity contribution in [2.45, 2.75) is 0 Å². The summed E-state index contributed by atoms with van der Waals surface area (Å²) in [6.45, 7) is 0. The van der Waals surface area contributed by atoms with Gasteiger partial charge >= 0.3 is 0 Å². The maximum Gasteiger partial charge on any atom is 0.104 e. The molecule has 0 spiro atoms. The molecular formula is C44H26N6. The van der Waals surface area contributed by atoms with Gasteiger partial charge in [0, 0.05) is 32.3 Å². The number of hydrogen-bond acceptors (Lipinski definition) is 3. The Hall–Kier alpha value is -7.28. The second-order valence-electron chi connectivity index (χ2n) is 12.5. The van der Waals surface area contributed by atoms with Crippen molar-refractivity contribution < 1.29 is 0 Å². The minimum absolute atomic E-state index is 0.247. The summed E-state index contributed by atoms with van der Waals surface area (Å²) < 4.78 is 6.33. The molecule has 7 aromatic carbocycles. The smallest absolute Gasteiger partial charge is 0.104 e. The van der Waals surface area contributed by atoms with Gasteiger partial charge in [-0.05, 0) is 36.4 Å². The summed E-state index contributed by atoms with van der Waals surface area (Å²) in [5.74, 6) is 0. The molecule has 0 atom stereocenters. The Morgan fingerprint density at radius 2 is 0.580 bits per heavy atom. The van der Waals surface area contributed by atoms with E-state index in [2.05, 4.69) is 86.5 Å². The minimum Gasteiger partial charge on any atom is -0.396 e. The summed E-state index contributed by atoms with van der Waals surface area (Å²) in [7, 11) is 0. The number of hydrogen-bond donors (Lipinski definition) is 1. The van der Waals surface area contributed by atoms with Gasteiger partial charge in [-0.3, -0.25) is 0 Å². The number of nitrogens with two attached hydrogens (primary N) is 1. The number of anilines is 1. The van der Waals surface area contributed by atoms with E-state index >= 15 is 0 Å². The molecule has 0 saturated carbocycles. The van der Waals surface area contributed by atoms with Crippen molar-refractivity contribution in [2.24, 2.45) is 0 Å². The topological polar surface area (TPSA) is 88.4 Å². The molecule has 0 fully saturated rings. The fraction of sp³-hybridized carbons (Fsp3) is 0. The zero-order valence-corrected chi connectivity index (χ0v) is 26.7. The van der Waals surface area contributed by atoms with Crippen LogP contribution in [0.3, 0.4) is 0 Å². The van der Waals surface area contributed by atoms with Crippen LogP contribution >= 0.6 is 0 Å². The van der Waals surface area contributed by atoms with Crippen LogP contribution < -0.4 is 5.73 Å². The van der Waals surface area contributed by atoms with E-state index in [0.717, 1.165) is 65.4 Å². The van der Waals surface area contributed by atoms with Gasteiger partial charge < -0.3 is 19.4 Å². The maximum atomic E-state index is 11.5. The Kier molecular flexibility index (Phi) is 5.76. The first-order chi connectivity index (χ1) is 24.7. The van der Waals surface area contributed by atoms with E-state index in [1.165, 1.54) is 0 Å². The molecule has 0 aliphatic carbocycles. The summed E-state index contributed by atoms with van der Waals surface area (Å²) in [4.78, 5) is 0. The van der Waals surface area contributed by atoms with Crippen LogP contribution in [0.25, 0.3) is 82.5 Å². The predicted molar refractivity (Wildman–Crippen MR) is 203 cm³/mol. The first-order valence-corrected chi connectivity index (χ1v) is 16.5. The Balaban J connectivity index is 1.51. The van der Waals surface area contributed by atoms with Gasteiger partial charge in [-0.25, -0.2) is 0 Å². The van der Waals surface area contributed by atoms with Crippen molar-refractivity contribution in [3.8, 4) is 29.2 Å². The highest BCUT2D eigenvalue weighted by atomic mass is 15.1. The first-order valence-electron chi connectivity index (χ1n) is 16.5. The van der Waals surface area contributed by atoms with E-state index in [9.17, 15) is 10.5 Å². The molecule has 0 bridgehead atoms. The fourth-order valence-electron chi connectivity index (χ4n) is 8.11. The van der Waals surface area contributed by atoms with Gasteiger partial charge in [0.25, 0.3) is 0 Å². The molecular weight excluding hydrogens is 613 g/mol. The number of aromatic nitrogens is 3. The maximum absolute atomic E-state index is 11.5. The summed E-state index contributed by atoms with van der Waals surface area (Å²) in [6, 6.07) is 54.3. The monoisotopic (exact) mass is 638 g/mol. The number of fused-ring (bicyclic) bond motifs is 9. The highest BCUT2D eigenvalue weighted by Crippen LogP contribution is 2.46. The quantitative estimate of drug-likeness (QED) is 0.195. The number of para-hydroxylation sites is 6. The Labute approximate surface area is 286 Å². The molecule has 6 heteroatoms. The lowest BCUT2D eigenvalue weighted by atomic mass is 9.99. The number of nitrogens with zero attached hydrogens (tertiary/aromatic N) is 5. The van der Waals surface area contributed by atoms with E-state index in [1.54, 1.807) is 0 Å². The molecule has 2 N–H and O–H groups in total. The Bertz CT molecular complexity index is 2980. The van der Waals surface area contributed by atoms with Crippen molar-refractivity contribution in [1.82, 2.24) is 13.7 Å². The molecule has 3 aromatic heterocycles. The molecule has 10 aromatic rings. The summed E-state index contributed by atoms with van der Waals surface area (Å²) in [5, 5.41) is 29.0. The van der Waals surface area contributed by atoms with Crippen LogP contribution in [0.1, 0.15) is 11.1 Å². The van der Waals surface area contributed by atoms with Gasteiger partial charge in [0.2, 0.25) is 0 Å². The zero-order chi connectivity index (χ0) is 33.5.